The predicted octanol–water partition coefficient (Wildman–Crippen LogP) is 2.03. The van der Waals surface area contributed by atoms with Crippen LogP contribution in [0, 0.1) is 5.41 Å². The Hall–Kier alpha value is -4.09. The average Bonchev–Trinajstić information content (AvgIpc) is 3.28. The maximum Gasteiger partial charge on any atom is 0.410 e. The number of hydrogen-bond acceptors (Lipinski definition) is 6. The van der Waals surface area contributed by atoms with Gasteiger partial charge in [0.2, 0.25) is 17.7 Å². The van der Waals surface area contributed by atoms with Crippen molar-refractivity contribution in [2.24, 2.45) is 12.5 Å². The van der Waals surface area contributed by atoms with Crippen LogP contribution in [0.2, 0.25) is 0 Å². The van der Waals surface area contributed by atoms with Gasteiger partial charge in [-0.25, -0.2) is 4.79 Å². The van der Waals surface area contributed by atoms with Gasteiger partial charge in [0.1, 0.15) is 24.2 Å². The first-order valence-corrected chi connectivity index (χ1v) is 15.5. The van der Waals surface area contributed by atoms with Gasteiger partial charge in [-0.05, 0) is 56.7 Å². The number of fused-ring (bicyclic) bond motifs is 1. The van der Waals surface area contributed by atoms with Gasteiger partial charge in [-0.1, -0.05) is 52.8 Å². The molecule has 12 nitrogen and oxygen atoms in total. The normalized spacial score (nSPS) is 14.9. The van der Waals surface area contributed by atoms with Crippen molar-refractivity contribution in [2.75, 3.05) is 27.2 Å². The third kappa shape index (κ3) is 9.46. The molecule has 2 rings (SSSR count). The Bertz CT molecular complexity index is 1490. The van der Waals surface area contributed by atoms with Gasteiger partial charge < -0.3 is 29.9 Å². The van der Waals surface area contributed by atoms with E-state index in [9.17, 15) is 24.0 Å². The lowest BCUT2D eigenvalue weighted by molar-refractivity contribution is -0.140. The van der Waals surface area contributed by atoms with E-state index in [4.69, 9.17) is 9.84 Å². The second-order valence-electron chi connectivity index (χ2n) is 14.6. The van der Waals surface area contributed by atoms with E-state index >= 15 is 0 Å². The van der Waals surface area contributed by atoms with Crippen molar-refractivity contribution in [2.45, 2.75) is 98.3 Å². The van der Waals surface area contributed by atoms with Gasteiger partial charge in [0.15, 0.2) is 0 Å². The van der Waals surface area contributed by atoms with E-state index in [0.29, 0.717) is 0 Å². The molecule has 3 N–H and O–H groups in total. The molecule has 0 fully saturated rings. The molecule has 256 valence electrons. The maximum absolute atomic E-state index is 14.4. The summed E-state index contributed by atoms with van der Waals surface area (Å²) in [7, 11) is 5.05. The van der Waals surface area contributed by atoms with E-state index in [1.54, 1.807) is 27.8 Å². The fourth-order valence-electron chi connectivity index (χ4n) is 5.51. The third-order valence-corrected chi connectivity index (χ3v) is 8.02. The van der Waals surface area contributed by atoms with E-state index < -0.39 is 64.8 Å². The summed E-state index contributed by atoms with van der Waals surface area (Å²) in [5.41, 5.74) is -1.30. The molecular formula is C34H53N5O7. The largest absolute Gasteiger partial charge is 0.480 e. The highest BCUT2D eigenvalue weighted by molar-refractivity contribution is 5.95. The zero-order valence-electron chi connectivity index (χ0n) is 29.5. The Kier molecular flexibility index (Phi) is 12.1. The molecule has 46 heavy (non-hydrogen) atoms. The number of aromatic nitrogens is 1. The highest BCUT2D eigenvalue weighted by atomic mass is 16.6. The fourth-order valence-corrected chi connectivity index (χ4v) is 5.51. The fraction of sp³-hybridized carbons (Fsp3) is 0.618. The van der Waals surface area contributed by atoms with E-state index in [2.05, 4.69) is 22.8 Å². The molecule has 0 spiro atoms. The first kappa shape index (κ1) is 38.1. The number of carboxylic acids is 1. The number of ether oxygens (including phenoxy) is 1. The molecule has 1 aliphatic rings. The number of rotatable bonds is 11. The molecule has 2 atom stereocenters. The van der Waals surface area contributed by atoms with Crippen molar-refractivity contribution >= 4 is 41.9 Å². The second kappa shape index (κ2) is 14.6. The third-order valence-electron chi connectivity index (χ3n) is 8.02. The lowest BCUT2D eigenvalue weighted by Gasteiger charge is -2.41. The van der Waals surface area contributed by atoms with Crippen molar-refractivity contribution < 1.29 is 33.8 Å². The van der Waals surface area contributed by atoms with Crippen LogP contribution in [0.15, 0.2) is 17.8 Å². The summed E-state index contributed by atoms with van der Waals surface area (Å²) in [5, 5.41) is 16.1. The molecule has 0 radical (unpaired) electrons. The highest BCUT2D eigenvalue weighted by Crippen LogP contribution is 2.31. The maximum atomic E-state index is 14.4. The molecule has 0 aliphatic heterocycles. The summed E-state index contributed by atoms with van der Waals surface area (Å²) in [6.07, 6.45) is 8.94. The van der Waals surface area contributed by atoms with Crippen LogP contribution >= 0.6 is 0 Å². The van der Waals surface area contributed by atoms with E-state index in [-0.39, 0.29) is 12.1 Å². The van der Waals surface area contributed by atoms with Crippen molar-refractivity contribution in [1.82, 2.24) is 25.0 Å². The number of nitrogens with one attached hydrogen (secondary N) is 2. The molecule has 0 saturated heterocycles. The SMILES string of the molecule is C/C(=C\CN(C)C(=O)C(NC(=O)[C@@H](N(C)C(=O)OC(C)(C)C)C(C)(C)c1cn(C)c2c1=CCCC=2)C(C)(C)C)C(=O)NCC(=O)O. The standard InChI is InChI=1S/C34H53N5O7/c1-21(28(42)35-19-25(40)41)17-18-37(10)30(44)26(32(2,3)4)36-29(43)27(39(12)31(45)46-33(5,6)7)34(8,9)23-20-38(11)24-16-14-13-15-22(23)24/h15-17,20,26-27H,13-14,18-19H2,1-12H3,(H,35,42)(H,36,43)(H,40,41)/b21-17+/t26?,27-/m1/s1. The smallest absolute Gasteiger partial charge is 0.410 e. The Morgan fingerprint density at radius 1 is 1.02 bits per heavy atom. The van der Waals surface area contributed by atoms with E-state index in [1.807, 2.05) is 52.4 Å². The number of aryl methyl sites for hydroxylation is 1. The van der Waals surface area contributed by atoms with Crippen molar-refractivity contribution in [1.29, 1.82) is 0 Å². The summed E-state index contributed by atoms with van der Waals surface area (Å²) in [4.78, 5) is 67.4. The molecule has 1 aromatic heterocycles. The van der Waals surface area contributed by atoms with Crippen LogP contribution in [-0.2, 0) is 36.4 Å². The zero-order valence-corrected chi connectivity index (χ0v) is 29.5. The number of aliphatic carboxylic acids is 1. The van der Waals surface area contributed by atoms with Crippen molar-refractivity contribution in [3.63, 3.8) is 0 Å². The number of nitrogens with zero attached hydrogens (tertiary/aromatic N) is 3. The number of amides is 4. The van der Waals surface area contributed by atoms with Gasteiger partial charge >= 0.3 is 12.1 Å². The van der Waals surface area contributed by atoms with Crippen LogP contribution in [0.5, 0.6) is 0 Å². The van der Waals surface area contributed by atoms with Crippen LogP contribution < -0.4 is 21.2 Å². The van der Waals surface area contributed by atoms with Gasteiger partial charge in [0, 0.05) is 50.2 Å². The van der Waals surface area contributed by atoms with Crippen LogP contribution in [0.1, 0.15) is 80.7 Å². The first-order valence-electron chi connectivity index (χ1n) is 15.5. The van der Waals surface area contributed by atoms with Crippen LogP contribution in [0.3, 0.4) is 0 Å². The van der Waals surface area contributed by atoms with Gasteiger partial charge in [-0.3, -0.25) is 24.1 Å². The van der Waals surface area contributed by atoms with Crippen molar-refractivity contribution in [3.8, 4) is 0 Å². The molecule has 1 unspecified atom stereocenters. The highest BCUT2D eigenvalue weighted by Gasteiger charge is 2.46. The molecule has 0 bridgehead atoms. The summed E-state index contributed by atoms with van der Waals surface area (Å²) in [6.45, 7) is 15.7. The Morgan fingerprint density at radius 3 is 2.15 bits per heavy atom. The molecule has 0 saturated carbocycles. The Labute approximate surface area is 272 Å². The summed E-state index contributed by atoms with van der Waals surface area (Å²) in [6, 6.07) is -2.05. The second-order valence-corrected chi connectivity index (χ2v) is 14.6. The van der Waals surface area contributed by atoms with Crippen molar-refractivity contribution in [3.05, 3.63) is 34.0 Å². The number of carbonyl (C=O) groups is 5. The molecular weight excluding hydrogens is 590 g/mol. The van der Waals surface area contributed by atoms with E-state index in [0.717, 1.165) is 29.0 Å². The first-order chi connectivity index (χ1) is 21.0. The molecule has 12 heteroatoms. The lowest BCUT2D eigenvalue weighted by atomic mass is 9.76. The summed E-state index contributed by atoms with van der Waals surface area (Å²) >= 11 is 0. The molecule has 0 aromatic carbocycles. The van der Waals surface area contributed by atoms with Crippen LogP contribution in [0.4, 0.5) is 4.79 Å². The van der Waals surface area contributed by atoms with Crippen LogP contribution in [-0.4, -0.2) is 94.1 Å². The quantitative estimate of drug-likeness (QED) is 0.312. The molecule has 1 aliphatic carbocycles. The van der Waals surface area contributed by atoms with Gasteiger partial charge in [-0.2, -0.15) is 0 Å². The topological polar surface area (TPSA) is 150 Å². The predicted molar refractivity (Wildman–Crippen MR) is 177 cm³/mol. The number of hydrogen-bond donors (Lipinski definition) is 3. The van der Waals surface area contributed by atoms with Gasteiger partial charge in [0.05, 0.1) is 0 Å². The monoisotopic (exact) mass is 643 g/mol. The van der Waals surface area contributed by atoms with Gasteiger partial charge in [-0.15, -0.1) is 0 Å². The lowest BCUT2D eigenvalue weighted by Crippen LogP contribution is -2.63. The summed E-state index contributed by atoms with van der Waals surface area (Å²) in [5.74, 6) is -2.64. The summed E-state index contributed by atoms with van der Waals surface area (Å²) < 4.78 is 7.71. The molecule has 4 amide bonds. The van der Waals surface area contributed by atoms with E-state index in [1.165, 1.54) is 29.8 Å². The number of carboxylic acid groups (broad SMARTS) is 1. The minimum atomic E-state index is -1.17. The zero-order chi connectivity index (χ0) is 35.4. The molecule has 1 heterocycles. The number of carbonyl (C=O) groups excluding carboxylic acids is 4. The minimum absolute atomic E-state index is 0.0445. The molecule has 1 aromatic rings. The van der Waals surface area contributed by atoms with Crippen LogP contribution in [0.25, 0.3) is 12.2 Å². The Balaban J connectivity index is 2.50. The minimum Gasteiger partial charge on any atom is -0.480 e. The van der Waals surface area contributed by atoms with Gasteiger partial charge in [0.25, 0.3) is 0 Å². The Morgan fingerprint density at radius 2 is 1.61 bits per heavy atom. The number of likely N-dealkylation sites (N-methyl/N-ethyl adjacent to an activating group) is 2. The average molecular weight is 644 g/mol.